The van der Waals surface area contributed by atoms with E-state index in [2.05, 4.69) is 17.5 Å². The summed E-state index contributed by atoms with van der Waals surface area (Å²) < 4.78 is 11.7. The van der Waals surface area contributed by atoms with Gasteiger partial charge < -0.3 is 9.47 Å². The number of hydrazone groups is 1. The van der Waals surface area contributed by atoms with Crippen LogP contribution in [0.4, 0.5) is 0 Å². The van der Waals surface area contributed by atoms with E-state index >= 15 is 0 Å². The molecule has 158 valence electrons. The van der Waals surface area contributed by atoms with E-state index in [-0.39, 0.29) is 17.2 Å². The number of carbonyl (C=O) groups excluding carboxylic acids is 1. The number of ether oxygens (including phenoxy) is 2. The first-order valence-electron chi connectivity index (χ1n) is 10.9. The van der Waals surface area contributed by atoms with Crippen LogP contribution in [0, 0.1) is 17.3 Å². The van der Waals surface area contributed by atoms with Gasteiger partial charge in [0.25, 0.3) is 0 Å². The zero-order valence-corrected chi connectivity index (χ0v) is 17.8. The second kappa shape index (κ2) is 8.90. The fourth-order valence-electron chi connectivity index (χ4n) is 4.82. The lowest BCUT2D eigenvalue weighted by molar-refractivity contribution is -0.123. The van der Waals surface area contributed by atoms with E-state index in [9.17, 15) is 4.79 Å². The summed E-state index contributed by atoms with van der Waals surface area (Å²) in [5.41, 5.74) is 4.89. The third kappa shape index (κ3) is 4.35. The van der Waals surface area contributed by atoms with E-state index < -0.39 is 0 Å². The van der Waals surface area contributed by atoms with Crippen LogP contribution in [-0.2, 0) is 11.4 Å². The predicted octanol–water partition coefficient (Wildman–Crippen LogP) is 4.94. The average molecular weight is 407 g/mol. The number of nitrogens with one attached hydrogen (secondary N) is 1. The summed E-state index contributed by atoms with van der Waals surface area (Å²) in [6.07, 6.45) is 6.46. The highest BCUT2D eigenvalue weighted by atomic mass is 16.5. The van der Waals surface area contributed by atoms with Crippen LogP contribution in [0.2, 0.25) is 0 Å². The number of hydrogen-bond acceptors (Lipinski definition) is 4. The molecule has 2 aromatic rings. The monoisotopic (exact) mass is 406 g/mol. The van der Waals surface area contributed by atoms with Crippen molar-refractivity contribution >= 4 is 12.1 Å². The molecule has 30 heavy (non-hydrogen) atoms. The van der Waals surface area contributed by atoms with Gasteiger partial charge >= 0.3 is 0 Å². The number of carbonyl (C=O) groups is 1. The van der Waals surface area contributed by atoms with Gasteiger partial charge in [-0.15, -0.1) is 0 Å². The second-order valence-electron chi connectivity index (χ2n) is 8.48. The summed E-state index contributed by atoms with van der Waals surface area (Å²) in [5, 5.41) is 4.20. The molecule has 2 aliphatic carbocycles. The summed E-state index contributed by atoms with van der Waals surface area (Å²) in [5.74, 6) is 2.06. The summed E-state index contributed by atoms with van der Waals surface area (Å²) in [6.45, 7) is 5.21. The van der Waals surface area contributed by atoms with Crippen molar-refractivity contribution in [1.82, 2.24) is 5.43 Å². The van der Waals surface area contributed by atoms with Crippen LogP contribution in [-0.4, -0.2) is 18.7 Å². The number of hydrogen-bond donors (Lipinski definition) is 1. The molecule has 5 nitrogen and oxygen atoms in total. The lowest BCUT2D eigenvalue weighted by Crippen LogP contribution is -2.22. The average Bonchev–Trinajstić information content (AvgIpc) is 3.39. The summed E-state index contributed by atoms with van der Waals surface area (Å²) in [6, 6.07) is 15.7. The Hall–Kier alpha value is -2.82. The minimum Gasteiger partial charge on any atom is -0.490 e. The van der Waals surface area contributed by atoms with Gasteiger partial charge in [-0.1, -0.05) is 50.1 Å². The first-order valence-corrected chi connectivity index (χ1v) is 10.9. The molecule has 0 aromatic heterocycles. The maximum absolute atomic E-state index is 12.5. The molecule has 2 fully saturated rings. The molecule has 0 aliphatic heterocycles. The molecule has 4 rings (SSSR count). The van der Waals surface area contributed by atoms with Gasteiger partial charge in [0.05, 0.1) is 12.8 Å². The van der Waals surface area contributed by atoms with Gasteiger partial charge in [0.2, 0.25) is 5.91 Å². The summed E-state index contributed by atoms with van der Waals surface area (Å²) in [7, 11) is 0. The normalized spacial score (nSPS) is 24.9. The minimum absolute atomic E-state index is 0.0495. The molecule has 0 heterocycles. The van der Waals surface area contributed by atoms with Crippen LogP contribution in [0.5, 0.6) is 11.5 Å². The highest BCUT2D eigenvalue weighted by molar-refractivity contribution is 5.86. The van der Waals surface area contributed by atoms with E-state index in [0.29, 0.717) is 30.6 Å². The van der Waals surface area contributed by atoms with Crippen molar-refractivity contribution in [1.29, 1.82) is 0 Å². The molecule has 0 spiro atoms. The standard InChI is InChI=1S/C25H30N2O3/c1-3-29-22-15-19(12-13-21(22)30-17-18-9-5-4-6-10-18)16-26-27-24(28)23-20-11-7-8-14-25(20,23)2/h4-6,9-10,12-13,15-16,20,23H,3,7-8,11,14,17H2,1-2H3,(H,27,28)/b26-16-/t20-,23-,25+/m0/s1. The van der Waals surface area contributed by atoms with Gasteiger partial charge in [0.15, 0.2) is 11.5 Å². The van der Waals surface area contributed by atoms with Crippen LogP contribution in [0.25, 0.3) is 0 Å². The molecule has 1 amide bonds. The van der Waals surface area contributed by atoms with Crippen LogP contribution in [0.15, 0.2) is 53.6 Å². The number of amides is 1. The van der Waals surface area contributed by atoms with E-state index in [1.165, 1.54) is 19.3 Å². The fraction of sp³-hybridized carbons (Fsp3) is 0.440. The van der Waals surface area contributed by atoms with E-state index in [0.717, 1.165) is 17.5 Å². The molecule has 0 saturated heterocycles. The highest BCUT2D eigenvalue weighted by Gasteiger charge is 2.64. The molecule has 0 radical (unpaired) electrons. The van der Waals surface area contributed by atoms with E-state index in [1.807, 2.05) is 55.5 Å². The van der Waals surface area contributed by atoms with Crippen molar-refractivity contribution in [2.45, 2.75) is 46.1 Å². The molecule has 2 aromatic carbocycles. The number of nitrogens with zero attached hydrogens (tertiary/aromatic N) is 1. The van der Waals surface area contributed by atoms with Gasteiger partial charge in [-0.3, -0.25) is 4.79 Å². The second-order valence-corrected chi connectivity index (χ2v) is 8.48. The first kappa shape index (κ1) is 20.5. The van der Waals surface area contributed by atoms with Crippen LogP contribution >= 0.6 is 0 Å². The smallest absolute Gasteiger partial charge is 0.244 e. The van der Waals surface area contributed by atoms with Gasteiger partial charge in [0, 0.05) is 5.92 Å². The fourth-order valence-corrected chi connectivity index (χ4v) is 4.82. The zero-order valence-electron chi connectivity index (χ0n) is 17.8. The van der Waals surface area contributed by atoms with E-state index in [4.69, 9.17) is 9.47 Å². The Morgan fingerprint density at radius 1 is 1.17 bits per heavy atom. The van der Waals surface area contributed by atoms with Gasteiger partial charge in [0.1, 0.15) is 6.61 Å². The first-order chi connectivity index (χ1) is 14.6. The minimum atomic E-state index is 0.0495. The van der Waals surface area contributed by atoms with Crippen LogP contribution in [0.3, 0.4) is 0 Å². The molecular weight excluding hydrogens is 376 g/mol. The summed E-state index contributed by atoms with van der Waals surface area (Å²) >= 11 is 0. The van der Waals surface area contributed by atoms with Crippen LogP contribution in [0.1, 0.15) is 50.7 Å². The molecule has 0 unspecified atom stereocenters. The number of rotatable bonds is 8. The Kier molecular flexibility index (Phi) is 6.07. The largest absolute Gasteiger partial charge is 0.490 e. The third-order valence-electron chi connectivity index (χ3n) is 6.51. The molecule has 2 saturated carbocycles. The van der Waals surface area contributed by atoms with Crippen molar-refractivity contribution in [2.24, 2.45) is 22.4 Å². The van der Waals surface area contributed by atoms with Crippen molar-refractivity contribution in [3.05, 3.63) is 59.7 Å². The van der Waals surface area contributed by atoms with Crippen molar-refractivity contribution in [3.63, 3.8) is 0 Å². The lowest BCUT2D eigenvalue weighted by Gasteiger charge is -2.15. The SMILES string of the molecule is CCOc1cc(/C=N\NC(=O)[C@@H]2[C@@H]3CCCC[C@@]23C)ccc1OCc1ccccc1. The van der Waals surface area contributed by atoms with Crippen molar-refractivity contribution in [3.8, 4) is 11.5 Å². The van der Waals surface area contributed by atoms with Gasteiger partial charge in [-0.2, -0.15) is 5.10 Å². The predicted molar refractivity (Wildman–Crippen MR) is 118 cm³/mol. The maximum Gasteiger partial charge on any atom is 0.244 e. The lowest BCUT2D eigenvalue weighted by atomic mass is 9.90. The molecular formula is C25H30N2O3. The highest BCUT2D eigenvalue weighted by Crippen LogP contribution is 2.66. The van der Waals surface area contributed by atoms with E-state index in [1.54, 1.807) is 6.21 Å². The number of benzene rings is 2. The Bertz CT molecular complexity index is 912. The molecule has 0 bridgehead atoms. The maximum atomic E-state index is 12.5. The zero-order chi connectivity index (χ0) is 21.0. The quantitative estimate of drug-likeness (QED) is 0.499. The third-order valence-corrected chi connectivity index (χ3v) is 6.51. The van der Waals surface area contributed by atoms with Gasteiger partial charge in [-0.05, 0) is 60.4 Å². The van der Waals surface area contributed by atoms with Crippen molar-refractivity contribution in [2.75, 3.05) is 6.61 Å². The Morgan fingerprint density at radius 3 is 2.73 bits per heavy atom. The molecule has 2 aliphatic rings. The van der Waals surface area contributed by atoms with Crippen LogP contribution < -0.4 is 14.9 Å². The Morgan fingerprint density at radius 2 is 2.00 bits per heavy atom. The molecule has 1 N–H and O–H groups in total. The Labute approximate surface area is 178 Å². The topological polar surface area (TPSA) is 59.9 Å². The van der Waals surface area contributed by atoms with Crippen molar-refractivity contribution < 1.29 is 14.3 Å². The molecule has 5 heteroatoms. The summed E-state index contributed by atoms with van der Waals surface area (Å²) in [4.78, 5) is 12.5. The number of fused-ring (bicyclic) bond motifs is 1. The molecule has 3 atom stereocenters. The Balaban J connectivity index is 1.36. The van der Waals surface area contributed by atoms with Gasteiger partial charge in [-0.25, -0.2) is 5.43 Å².